The number of benzene rings is 2. The van der Waals surface area contributed by atoms with Crippen LogP contribution in [0.4, 0.5) is 5.69 Å². The van der Waals surface area contributed by atoms with E-state index in [-0.39, 0.29) is 23.5 Å². The van der Waals surface area contributed by atoms with E-state index in [4.69, 9.17) is 4.74 Å². The normalized spacial score (nSPS) is 31.3. The SMILES string of the molecule is O=C(C1CC(O)C(O)C2N=C(Nc3cccc4ccccc34)SC12)N1CCOCC1. The molecule has 2 aromatic carbocycles. The largest absolute Gasteiger partial charge is 0.390 e. The Morgan fingerprint density at radius 2 is 1.90 bits per heavy atom. The molecule has 30 heavy (non-hydrogen) atoms. The predicted octanol–water partition coefficient (Wildman–Crippen LogP) is 1.69. The first-order chi connectivity index (χ1) is 14.6. The average molecular weight is 428 g/mol. The minimum absolute atomic E-state index is 0.0216. The Balaban J connectivity index is 1.38. The number of amidine groups is 1. The fraction of sp³-hybridized carbons (Fsp3) is 0.455. The van der Waals surface area contributed by atoms with Crippen molar-refractivity contribution in [2.24, 2.45) is 10.9 Å². The first kappa shape index (κ1) is 19.8. The summed E-state index contributed by atoms with van der Waals surface area (Å²) in [5.74, 6) is -0.361. The Hall–Kier alpha value is -2.13. The van der Waals surface area contributed by atoms with Gasteiger partial charge in [-0.25, -0.2) is 0 Å². The Morgan fingerprint density at radius 3 is 2.73 bits per heavy atom. The smallest absolute Gasteiger partial charge is 0.227 e. The van der Waals surface area contributed by atoms with Crippen molar-refractivity contribution in [1.29, 1.82) is 0 Å². The van der Waals surface area contributed by atoms with E-state index in [0.717, 1.165) is 16.5 Å². The second-order valence-electron chi connectivity index (χ2n) is 8.00. The van der Waals surface area contributed by atoms with Crippen LogP contribution in [0.1, 0.15) is 6.42 Å². The lowest BCUT2D eigenvalue weighted by Crippen LogP contribution is -2.55. The van der Waals surface area contributed by atoms with Crippen molar-refractivity contribution in [3.63, 3.8) is 0 Å². The number of hydrogen-bond donors (Lipinski definition) is 3. The van der Waals surface area contributed by atoms with Gasteiger partial charge in [0.05, 0.1) is 31.3 Å². The molecular formula is C22H25N3O4S. The summed E-state index contributed by atoms with van der Waals surface area (Å²) < 4.78 is 5.36. The highest BCUT2D eigenvalue weighted by molar-refractivity contribution is 8.15. The number of carbonyl (C=O) groups is 1. The predicted molar refractivity (Wildman–Crippen MR) is 118 cm³/mol. The number of anilines is 1. The van der Waals surface area contributed by atoms with Crippen LogP contribution < -0.4 is 5.32 Å². The molecule has 8 heteroatoms. The van der Waals surface area contributed by atoms with Crippen molar-refractivity contribution in [1.82, 2.24) is 4.90 Å². The zero-order chi connectivity index (χ0) is 20.7. The minimum atomic E-state index is -0.969. The summed E-state index contributed by atoms with van der Waals surface area (Å²) in [6.45, 7) is 2.21. The van der Waals surface area contributed by atoms with Gasteiger partial charge in [-0.05, 0) is 17.9 Å². The van der Waals surface area contributed by atoms with Crippen LogP contribution >= 0.6 is 11.8 Å². The zero-order valence-electron chi connectivity index (χ0n) is 16.5. The van der Waals surface area contributed by atoms with Crippen molar-refractivity contribution in [3.8, 4) is 0 Å². The van der Waals surface area contributed by atoms with E-state index >= 15 is 0 Å². The van der Waals surface area contributed by atoms with Crippen LogP contribution in [0.15, 0.2) is 47.5 Å². The lowest BCUT2D eigenvalue weighted by atomic mass is 9.80. The highest BCUT2D eigenvalue weighted by Gasteiger charge is 2.51. The number of amides is 1. The molecule has 3 N–H and O–H groups in total. The van der Waals surface area contributed by atoms with Gasteiger partial charge >= 0.3 is 0 Å². The van der Waals surface area contributed by atoms with E-state index in [2.05, 4.69) is 22.4 Å². The summed E-state index contributed by atoms with van der Waals surface area (Å²) in [5.41, 5.74) is 0.934. The molecule has 2 aliphatic heterocycles. The molecule has 0 aromatic heterocycles. The van der Waals surface area contributed by atoms with Gasteiger partial charge in [0.15, 0.2) is 5.17 Å². The first-order valence-corrected chi connectivity index (χ1v) is 11.2. The molecule has 5 atom stereocenters. The fourth-order valence-electron chi connectivity index (χ4n) is 4.56. The van der Waals surface area contributed by atoms with Crippen molar-refractivity contribution < 1.29 is 19.7 Å². The van der Waals surface area contributed by atoms with Gasteiger partial charge in [0.1, 0.15) is 6.10 Å². The van der Waals surface area contributed by atoms with Gasteiger partial charge in [-0.15, -0.1) is 0 Å². The molecule has 0 bridgehead atoms. The number of aliphatic imine (C=N–C) groups is 1. The molecule has 1 saturated heterocycles. The molecule has 1 saturated carbocycles. The number of thioether (sulfide) groups is 1. The van der Waals surface area contributed by atoms with Crippen LogP contribution in [0.3, 0.4) is 0 Å². The van der Waals surface area contributed by atoms with Crippen LogP contribution in [0.25, 0.3) is 10.8 Å². The zero-order valence-corrected chi connectivity index (χ0v) is 17.3. The van der Waals surface area contributed by atoms with Crippen LogP contribution in [0.2, 0.25) is 0 Å². The summed E-state index contributed by atoms with van der Waals surface area (Å²) in [6, 6.07) is 13.6. The second kappa shape index (κ2) is 8.19. The van der Waals surface area contributed by atoms with Crippen LogP contribution in [0, 0.1) is 5.92 Å². The van der Waals surface area contributed by atoms with Crippen LogP contribution in [-0.4, -0.2) is 76.0 Å². The number of ether oxygens (including phenoxy) is 1. The van der Waals surface area contributed by atoms with Crippen molar-refractivity contribution in [3.05, 3.63) is 42.5 Å². The fourth-order valence-corrected chi connectivity index (χ4v) is 5.92. The van der Waals surface area contributed by atoms with Crippen molar-refractivity contribution in [2.75, 3.05) is 31.6 Å². The van der Waals surface area contributed by atoms with Gasteiger partial charge in [0, 0.05) is 29.4 Å². The second-order valence-corrected chi connectivity index (χ2v) is 9.16. The van der Waals surface area contributed by atoms with E-state index in [0.29, 0.717) is 31.5 Å². The lowest BCUT2D eigenvalue weighted by Gasteiger charge is -2.40. The number of rotatable bonds is 2. The Kier molecular flexibility index (Phi) is 5.41. The molecule has 2 aromatic rings. The van der Waals surface area contributed by atoms with Crippen LogP contribution in [-0.2, 0) is 9.53 Å². The third-order valence-electron chi connectivity index (χ3n) is 6.16. The molecule has 3 aliphatic rings. The van der Waals surface area contributed by atoms with E-state index in [1.165, 1.54) is 11.8 Å². The Labute approximate surface area is 179 Å². The molecular weight excluding hydrogens is 402 g/mol. The maximum atomic E-state index is 13.2. The quantitative estimate of drug-likeness (QED) is 0.675. The highest BCUT2D eigenvalue weighted by atomic mass is 32.2. The molecule has 0 spiro atoms. The summed E-state index contributed by atoms with van der Waals surface area (Å²) in [6.07, 6.45) is -1.67. The number of carbonyl (C=O) groups excluding carboxylic acids is 1. The monoisotopic (exact) mass is 427 g/mol. The Morgan fingerprint density at radius 1 is 1.13 bits per heavy atom. The summed E-state index contributed by atoms with van der Waals surface area (Å²) in [4.78, 5) is 19.7. The molecule has 1 aliphatic carbocycles. The van der Waals surface area contributed by atoms with Gasteiger partial charge in [0.25, 0.3) is 0 Å². The Bertz CT molecular complexity index is 973. The lowest BCUT2D eigenvalue weighted by molar-refractivity contribution is -0.144. The topological polar surface area (TPSA) is 94.4 Å². The van der Waals surface area contributed by atoms with E-state index in [1.807, 2.05) is 35.2 Å². The molecule has 5 rings (SSSR count). The summed E-state index contributed by atoms with van der Waals surface area (Å²) in [5, 5.41) is 27.1. The molecule has 158 valence electrons. The number of fused-ring (bicyclic) bond motifs is 2. The third-order valence-corrected chi connectivity index (χ3v) is 7.47. The summed E-state index contributed by atoms with van der Waals surface area (Å²) >= 11 is 1.49. The highest BCUT2D eigenvalue weighted by Crippen LogP contribution is 2.42. The minimum Gasteiger partial charge on any atom is -0.390 e. The van der Waals surface area contributed by atoms with Crippen molar-refractivity contribution >= 4 is 39.3 Å². The van der Waals surface area contributed by atoms with E-state index in [1.54, 1.807) is 0 Å². The average Bonchev–Trinajstić information content (AvgIpc) is 3.21. The van der Waals surface area contributed by atoms with Gasteiger partial charge in [0.2, 0.25) is 5.91 Å². The maximum Gasteiger partial charge on any atom is 0.227 e. The van der Waals surface area contributed by atoms with Gasteiger partial charge in [-0.3, -0.25) is 9.79 Å². The van der Waals surface area contributed by atoms with Gasteiger partial charge < -0.3 is 25.2 Å². The number of morpholine rings is 1. The number of hydrogen-bond acceptors (Lipinski definition) is 7. The maximum absolute atomic E-state index is 13.2. The number of nitrogens with one attached hydrogen (secondary N) is 1. The van der Waals surface area contributed by atoms with Crippen molar-refractivity contribution in [2.45, 2.75) is 29.9 Å². The van der Waals surface area contributed by atoms with Gasteiger partial charge in [-0.1, -0.05) is 48.2 Å². The number of aliphatic hydroxyl groups excluding tert-OH is 2. The number of aliphatic hydroxyl groups is 2. The van der Waals surface area contributed by atoms with E-state index < -0.39 is 18.2 Å². The molecule has 2 fully saturated rings. The molecule has 7 nitrogen and oxygen atoms in total. The third kappa shape index (κ3) is 3.58. The standard InChI is InChI=1S/C22H25N3O4S/c26-17-12-15(21(28)25-8-10-29-11-9-25)20-18(19(17)27)24-22(30-20)23-16-7-3-5-13-4-1-2-6-14(13)16/h1-7,15,17-20,26-27H,8-12H2,(H,23,24). The van der Waals surface area contributed by atoms with Gasteiger partial charge in [-0.2, -0.15) is 0 Å². The number of nitrogens with zero attached hydrogens (tertiary/aromatic N) is 2. The molecule has 5 unspecified atom stereocenters. The first-order valence-electron chi connectivity index (χ1n) is 10.3. The summed E-state index contributed by atoms with van der Waals surface area (Å²) in [7, 11) is 0. The molecule has 2 heterocycles. The van der Waals surface area contributed by atoms with Crippen LogP contribution in [0.5, 0.6) is 0 Å². The molecule has 1 amide bonds. The molecule has 0 radical (unpaired) electrons. The van der Waals surface area contributed by atoms with E-state index in [9.17, 15) is 15.0 Å².